The van der Waals surface area contributed by atoms with Crippen molar-refractivity contribution in [2.45, 2.75) is 13.3 Å². The standard InChI is InChI=1S/C17H14BrNO2/c1-10-3-5-11(6-4-10)15-9-12-7-13(17(20)21-2)8-14(18)16(12)19-15/h3-8H,9H2,1-2H3. The van der Waals surface area contributed by atoms with Gasteiger partial charge in [0.25, 0.3) is 0 Å². The van der Waals surface area contributed by atoms with Crippen LogP contribution in [0.5, 0.6) is 0 Å². The van der Waals surface area contributed by atoms with Crippen LogP contribution in [0.2, 0.25) is 0 Å². The zero-order valence-electron chi connectivity index (χ0n) is 11.8. The van der Waals surface area contributed by atoms with Crippen molar-refractivity contribution in [3.05, 3.63) is 63.1 Å². The molecule has 2 aromatic rings. The van der Waals surface area contributed by atoms with Crippen LogP contribution in [0.25, 0.3) is 0 Å². The van der Waals surface area contributed by atoms with Crippen LogP contribution < -0.4 is 0 Å². The summed E-state index contributed by atoms with van der Waals surface area (Å²) in [6, 6.07) is 11.9. The topological polar surface area (TPSA) is 38.7 Å². The summed E-state index contributed by atoms with van der Waals surface area (Å²) in [4.78, 5) is 16.4. The number of fused-ring (bicyclic) bond motifs is 1. The lowest BCUT2D eigenvalue weighted by Crippen LogP contribution is -2.03. The number of esters is 1. The minimum absolute atomic E-state index is 0.331. The van der Waals surface area contributed by atoms with Crippen molar-refractivity contribution in [3.8, 4) is 0 Å². The van der Waals surface area contributed by atoms with Gasteiger partial charge in [-0.25, -0.2) is 4.79 Å². The third kappa shape index (κ3) is 2.63. The van der Waals surface area contributed by atoms with E-state index in [1.165, 1.54) is 12.7 Å². The molecule has 3 rings (SSSR count). The van der Waals surface area contributed by atoms with E-state index in [1.807, 2.05) is 6.07 Å². The molecule has 1 aliphatic heterocycles. The average Bonchev–Trinajstić information content (AvgIpc) is 2.91. The normalized spacial score (nSPS) is 12.8. The van der Waals surface area contributed by atoms with Crippen LogP contribution in [0.4, 0.5) is 5.69 Å². The first-order valence-corrected chi connectivity index (χ1v) is 7.43. The van der Waals surface area contributed by atoms with Crippen molar-refractivity contribution in [2.24, 2.45) is 4.99 Å². The Morgan fingerprint density at radius 1 is 1.24 bits per heavy atom. The van der Waals surface area contributed by atoms with E-state index in [4.69, 9.17) is 9.73 Å². The van der Waals surface area contributed by atoms with E-state index < -0.39 is 0 Å². The Kier molecular flexibility index (Phi) is 3.64. The molecule has 1 aliphatic rings. The van der Waals surface area contributed by atoms with Gasteiger partial charge in [0, 0.05) is 10.9 Å². The van der Waals surface area contributed by atoms with E-state index >= 15 is 0 Å². The summed E-state index contributed by atoms with van der Waals surface area (Å²) in [6.45, 7) is 2.06. The summed E-state index contributed by atoms with van der Waals surface area (Å²) in [7, 11) is 1.39. The maximum atomic E-state index is 11.7. The van der Waals surface area contributed by atoms with Gasteiger partial charge in [-0.3, -0.25) is 4.99 Å². The molecular formula is C17H14BrNO2. The maximum absolute atomic E-state index is 11.7. The zero-order chi connectivity index (χ0) is 15.0. The molecule has 0 fully saturated rings. The monoisotopic (exact) mass is 343 g/mol. The molecular weight excluding hydrogens is 330 g/mol. The summed E-state index contributed by atoms with van der Waals surface area (Å²) in [5.41, 5.74) is 5.85. The van der Waals surface area contributed by atoms with Crippen LogP contribution in [0, 0.1) is 6.92 Å². The van der Waals surface area contributed by atoms with Crippen LogP contribution in [0.3, 0.4) is 0 Å². The molecule has 3 nitrogen and oxygen atoms in total. The molecule has 0 atom stereocenters. The largest absolute Gasteiger partial charge is 0.465 e. The molecule has 21 heavy (non-hydrogen) atoms. The van der Waals surface area contributed by atoms with Crippen molar-refractivity contribution in [3.63, 3.8) is 0 Å². The first-order chi connectivity index (χ1) is 10.1. The van der Waals surface area contributed by atoms with Crippen LogP contribution in [-0.4, -0.2) is 18.8 Å². The molecule has 0 amide bonds. The van der Waals surface area contributed by atoms with Gasteiger partial charge in [-0.1, -0.05) is 29.8 Å². The van der Waals surface area contributed by atoms with Gasteiger partial charge >= 0.3 is 5.97 Å². The maximum Gasteiger partial charge on any atom is 0.337 e. The Labute approximate surface area is 131 Å². The summed E-state index contributed by atoms with van der Waals surface area (Å²) in [5, 5.41) is 0. The third-order valence-electron chi connectivity index (χ3n) is 3.55. The number of hydrogen-bond donors (Lipinski definition) is 0. The highest BCUT2D eigenvalue weighted by Gasteiger charge is 2.21. The fraction of sp³-hybridized carbons (Fsp3) is 0.176. The molecule has 0 N–H and O–H groups in total. The average molecular weight is 344 g/mol. The molecule has 0 bridgehead atoms. The van der Waals surface area contributed by atoms with Gasteiger partial charge < -0.3 is 4.74 Å². The number of rotatable bonds is 2. The lowest BCUT2D eigenvalue weighted by atomic mass is 10.0. The molecule has 0 aliphatic carbocycles. The molecule has 0 spiro atoms. The highest BCUT2D eigenvalue weighted by molar-refractivity contribution is 9.10. The highest BCUT2D eigenvalue weighted by atomic mass is 79.9. The van der Waals surface area contributed by atoms with Gasteiger partial charge in [0.2, 0.25) is 0 Å². The second kappa shape index (κ2) is 5.45. The van der Waals surface area contributed by atoms with Crippen molar-refractivity contribution in [2.75, 3.05) is 7.11 Å². The molecule has 106 valence electrons. The van der Waals surface area contributed by atoms with Gasteiger partial charge in [0.1, 0.15) is 0 Å². The summed E-state index contributed by atoms with van der Waals surface area (Å²) < 4.78 is 5.60. The molecule has 4 heteroatoms. The Hall–Kier alpha value is -1.94. The molecule has 1 heterocycles. The molecule has 0 saturated carbocycles. The van der Waals surface area contributed by atoms with E-state index in [0.29, 0.717) is 5.56 Å². The van der Waals surface area contributed by atoms with Gasteiger partial charge in [-0.05, 0) is 46.1 Å². The van der Waals surface area contributed by atoms with Gasteiger partial charge in [-0.2, -0.15) is 0 Å². The lowest BCUT2D eigenvalue weighted by Gasteiger charge is -2.04. The third-order valence-corrected chi connectivity index (χ3v) is 4.16. The fourth-order valence-corrected chi connectivity index (χ4v) is 3.01. The van der Waals surface area contributed by atoms with E-state index in [2.05, 4.69) is 47.1 Å². The summed E-state index contributed by atoms with van der Waals surface area (Å²) in [6.07, 6.45) is 0.724. The number of benzene rings is 2. The molecule has 0 unspecified atom stereocenters. The fourth-order valence-electron chi connectivity index (χ4n) is 2.42. The number of ether oxygens (including phenoxy) is 1. The Balaban J connectivity index is 1.98. The van der Waals surface area contributed by atoms with Crippen molar-refractivity contribution in [1.82, 2.24) is 0 Å². The Morgan fingerprint density at radius 2 is 1.95 bits per heavy atom. The first-order valence-electron chi connectivity index (χ1n) is 6.64. The quantitative estimate of drug-likeness (QED) is 0.765. The summed E-state index contributed by atoms with van der Waals surface area (Å²) in [5.74, 6) is -0.331. The number of hydrogen-bond acceptors (Lipinski definition) is 3. The number of aryl methyl sites for hydroxylation is 1. The van der Waals surface area contributed by atoms with Gasteiger partial charge in [-0.15, -0.1) is 0 Å². The van der Waals surface area contributed by atoms with Gasteiger partial charge in [0.15, 0.2) is 0 Å². The van der Waals surface area contributed by atoms with E-state index in [9.17, 15) is 4.79 Å². The van der Waals surface area contributed by atoms with Crippen molar-refractivity contribution in [1.29, 1.82) is 0 Å². The number of methoxy groups -OCH3 is 1. The predicted molar refractivity (Wildman–Crippen MR) is 86.6 cm³/mol. The first kappa shape index (κ1) is 14.0. The van der Waals surface area contributed by atoms with E-state index in [-0.39, 0.29) is 5.97 Å². The van der Waals surface area contributed by atoms with Crippen LogP contribution in [0.1, 0.15) is 27.0 Å². The van der Waals surface area contributed by atoms with E-state index in [1.54, 1.807) is 6.07 Å². The minimum Gasteiger partial charge on any atom is -0.465 e. The lowest BCUT2D eigenvalue weighted by molar-refractivity contribution is 0.0600. The number of carbonyl (C=O) groups excluding carboxylic acids is 1. The van der Waals surface area contributed by atoms with Crippen LogP contribution in [0.15, 0.2) is 45.9 Å². The zero-order valence-corrected chi connectivity index (χ0v) is 13.4. The molecule has 0 radical (unpaired) electrons. The van der Waals surface area contributed by atoms with E-state index in [0.717, 1.165) is 33.4 Å². The summed E-state index contributed by atoms with van der Waals surface area (Å²) >= 11 is 3.49. The molecule has 0 saturated heterocycles. The molecule has 0 aromatic heterocycles. The number of carbonyl (C=O) groups is 1. The second-order valence-corrected chi connectivity index (χ2v) is 5.91. The predicted octanol–water partition coefficient (Wildman–Crippen LogP) is 4.22. The minimum atomic E-state index is -0.331. The Morgan fingerprint density at radius 3 is 2.62 bits per heavy atom. The van der Waals surface area contributed by atoms with Gasteiger partial charge in [0.05, 0.1) is 24.1 Å². The number of nitrogens with zero attached hydrogens (tertiary/aromatic N) is 1. The second-order valence-electron chi connectivity index (χ2n) is 5.06. The van der Waals surface area contributed by atoms with Crippen molar-refractivity contribution < 1.29 is 9.53 Å². The number of aliphatic imine (C=N–C) groups is 1. The SMILES string of the molecule is COC(=O)c1cc(Br)c2c(c1)CC(c1ccc(C)cc1)=N2. The smallest absolute Gasteiger partial charge is 0.337 e. The van der Waals surface area contributed by atoms with Crippen LogP contribution in [-0.2, 0) is 11.2 Å². The van der Waals surface area contributed by atoms with Crippen LogP contribution >= 0.6 is 15.9 Å². The Bertz CT molecular complexity index is 748. The number of halogens is 1. The molecule has 2 aromatic carbocycles. The van der Waals surface area contributed by atoms with Crippen molar-refractivity contribution >= 4 is 33.3 Å². The highest BCUT2D eigenvalue weighted by Crippen LogP contribution is 2.37.